The summed E-state index contributed by atoms with van der Waals surface area (Å²) in [5.74, 6) is -0.298. The van der Waals surface area contributed by atoms with Crippen LogP contribution in [-0.4, -0.2) is 23.0 Å². The third-order valence-electron chi connectivity index (χ3n) is 4.96. The molecule has 0 radical (unpaired) electrons. The highest BCUT2D eigenvalue weighted by atomic mass is 32.1. The largest absolute Gasteiger partial charge is 0.349 e. The maximum Gasteiger partial charge on any atom is 0.257 e. The number of rotatable bonds is 4. The molecule has 6 heteroatoms. The molecular weight excluding hydrogens is 370 g/mol. The van der Waals surface area contributed by atoms with Gasteiger partial charge in [0.25, 0.3) is 11.8 Å². The summed E-state index contributed by atoms with van der Waals surface area (Å²) >= 11 is 5.23. The molecule has 1 saturated carbocycles. The van der Waals surface area contributed by atoms with Gasteiger partial charge in [-0.25, -0.2) is 0 Å². The van der Waals surface area contributed by atoms with Crippen molar-refractivity contribution >= 4 is 34.8 Å². The first kappa shape index (κ1) is 20.0. The number of nitrogens with one attached hydrogen (secondary N) is 3. The van der Waals surface area contributed by atoms with E-state index >= 15 is 0 Å². The lowest BCUT2D eigenvalue weighted by atomic mass is 9.95. The van der Waals surface area contributed by atoms with Gasteiger partial charge in [0, 0.05) is 22.9 Å². The van der Waals surface area contributed by atoms with Crippen LogP contribution in [-0.2, 0) is 0 Å². The Morgan fingerprint density at radius 2 is 1.61 bits per heavy atom. The minimum Gasteiger partial charge on any atom is -0.349 e. The van der Waals surface area contributed by atoms with E-state index in [1.54, 1.807) is 30.3 Å². The zero-order valence-corrected chi connectivity index (χ0v) is 16.8. The van der Waals surface area contributed by atoms with Gasteiger partial charge in [-0.1, -0.05) is 37.5 Å². The van der Waals surface area contributed by atoms with Crippen LogP contribution >= 0.6 is 12.2 Å². The Hall–Kier alpha value is -2.73. The van der Waals surface area contributed by atoms with E-state index in [1.165, 1.54) is 19.3 Å². The van der Waals surface area contributed by atoms with Crippen LogP contribution in [0.5, 0.6) is 0 Å². The number of carbonyl (C=O) groups excluding carboxylic acids is 2. The topological polar surface area (TPSA) is 70.2 Å². The smallest absolute Gasteiger partial charge is 0.257 e. The van der Waals surface area contributed by atoms with Crippen molar-refractivity contribution < 1.29 is 9.59 Å². The molecule has 1 aliphatic carbocycles. The van der Waals surface area contributed by atoms with Crippen LogP contribution < -0.4 is 16.0 Å². The molecule has 0 aromatic heterocycles. The van der Waals surface area contributed by atoms with E-state index in [0.717, 1.165) is 18.4 Å². The molecule has 2 aromatic carbocycles. The van der Waals surface area contributed by atoms with Crippen LogP contribution in [0.3, 0.4) is 0 Å². The molecule has 1 fully saturated rings. The molecule has 5 nitrogen and oxygen atoms in total. The Bertz CT molecular complexity index is 858. The van der Waals surface area contributed by atoms with Crippen molar-refractivity contribution in [3.63, 3.8) is 0 Å². The normalized spacial score (nSPS) is 14.2. The highest BCUT2D eigenvalue weighted by Crippen LogP contribution is 2.18. The molecule has 146 valence electrons. The van der Waals surface area contributed by atoms with Crippen molar-refractivity contribution in [2.24, 2.45) is 0 Å². The molecule has 0 spiro atoms. The van der Waals surface area contributed by atoms with Crippen molar-refractivity contribution in [3.05, 3.63) is 65.2 Å². The van der Waals surface area contributed by atoms with Gasteiger partial charge >= 0.3 is 0 Å². The molecule has 28 heavy (non-hydrogen) atoms. The zero-order chi connectivity index (χ0) is 19.9. The fraction of sp³-hybridized carbons (Fsp3) is 0.318. The monoisotopic (exact) mass is 395 g/mol. The number of aryl methyl sites for hydroxylation is 1. The Kier molecular flexibility index (Phi) is 6.76. The van der Waals surface area contributed by atoms with Gasteiger partial charge in [0.15, 0.2) is 5.11 Å². The lowest BCUT2D eigenvalue weighted by molar-refractivity contribution is 0.0926. The highest BCUT2D eigenvalue weighted by Gasteiger charge is 2.16. The minimum atomic E-state index is -0.251. The van der Waals surface area contributed by atoms with Gasteiger partial charge in [-0.3, -0.25) is 14.9 Å². The van der Waals surface area contributed by atoms with E-state index in [4.69, 9.17) is 12.2 Å². The maximum atomic E-state index is 12.4. The van der Waals surface area contributed by atoms with Crippen molar-refractivity contribution in [2.75, 3.05) is 5.32 Å². The summed E-state index contributed by atoms with van der Waals surface area (Å²) in [5.41, 5.74) is 2.80. The molecule has 2 amide bonds. The fourth-order valence-corrected chi connectivity index (χ4v) is 3.59. The number of thiocarbonyl (C=S) groups is 1. The van der Waals surface area contributed by atoms with Crippen LogP contribution in [0.15, 0.2) is 48.5 Å². The molecule has 0 bridgehead atoms. The fourth-order valence-electron chi connectivity index (χ4n) is 3.38. The number of amides is 2. The van der Waals surface area contributed by atoms with E-state index in [1.807, 2.05) is 25.1 Å². The van der Waals surface area contributed by atoms with E-state index < -0.39 is 0 Å². The van der Waals surface area contributed by atoms with Crippen molar-refractivity contribution in [2.45, 2.75) is 45.1 Å². The van der Waals surface area contributed by atoms with Crippen LogP contribution in [0.25, 0.3) is 0 Å². The van der Waals surface area contributed by atoms with Crippen molar-refractivity contribution in [1.82, 2.24) is 10.6 Å². The second-order valence-electron chi connectivity index (χ2n) is 7.11. The third kappa shape index (κ3) is 5.39. The molecule has 0 atom stereocenters. The maximum absolute atomic E-state index is 12.4. The van der Waals surface area contributed by atoms with Gasteiger partial charge in [0.1, 0.15) is 0 Å². The summed E-state index contributed by atoms with van der Waals surface area (Å²) in [6, 6.07) is 14.7. The first-order chi connectivity index (χ1) is 13.5. The van der Waals surface area contributed by atoms with Gasteiger partial charge in [-0.05, 0) is 67.9 Å². The summed E-state index contributed by atoms with van der Waals surface area (Å²) in [7, 11) is 0. The van der Waals surface area contributed by atoms with Crippen LogP contribution in [0.4, 0.5) is 5.69 Å². The average molecular weight is 396 g/mol. The Labute approximate surface area is 170 Å². The summed E-state index contributed by atoms with van der Waals surface area (Å²) in [6.45, 7) is 1.88. The molecule has 0 unspecified atom stereocenters. The van der Waals surface area contributed by atoms with E-state index in [9.17, 15) is 9.59 Å². The lowest BCUT2D eigenvalue weighted by Gasteiger charge is -2.22. The average Bonchev–Trinajstić information content (AvgIpc) is 2.69. The van der Waals surface area contributed by atoms with E-state index in [0.29, 0.717) is 16.8 Å². The van der Waals surface area contributed by atoms with Crippen LogP contribution in [0, 0.1) is 6.92 Å². The van der Waals surface area contributed by atoms with Gasteiger partial charge in [0.2, 0.25) is 0 Å². The van der Waals surface area contributed by atoms with E-state index in [2.05, 4.69) is 16.0 Å². The molecular formula is C22H25N3O2S. The van der Waals surface area contributed by atoms with Crippen LogP contribution in [0.2, 0.25) is 0 Å². The van der Waals surface area contributed by atoms with Gasteiger partial charge in [0.05, 0.1) is 0 Å². The third-order valence-corrected chi connectivity index (χ3v) is 5.17. The number of hydrogen-bond acceptors (Lipinski definition) is 3. The van der Waals surface area contributed by atoms with Crippen molar-refractivity contribution in [1.29, 1.82) is 0 Å². The number of anilines is 1. The predicted molar refractivity (Wildman–Crippen MR) is 116 cm³/mol. The molecule has 1 aliphatic rings. The van der Waals surface area contributed by atoms with Gasteiger partial charge < -0.3 is 10.6 Å². The summed E-state index contributed by atoms with van der Waals surface area (Å²) in [5, 5.41) is 8.97. The highest BCUT2D eigenvalue weighted by molar-refractivity contribution is 7.80. The predicted octanol–water partition coefficient (Wildman–Crippen LogP) is 4.18. The quantitative estimate of drug-likeness (QED) is 0.679. The van der Waals surface area contributed by atoms with Crippen molar-refractivity contribution in [3.8, 4) is 0 Å². The molecule has 3 rings (SSSR count). The van der Waals surface area contributed by atoms with Crippen LogP contribution in [0.1, 0.15) is 58.4 Å². The first-order valence-electron chi connectivity index (χ1n) is 9.62. The van der Waals surface area contributed by atoms with Gasteiger partial charge in [-0.2, -0.15) is 0 Å². The summed E-state index contributed by atoms with van der Waals surface area (Å²) in [4.78, 5) is 24.7. The van der Waals surface area contributed by atoms with E-state index in [-0.39, 0.29) is 23.0 Å². The second-order valence-corrected chi connectivity index (χ2v) is 7.52. The molecule has 2 aromatic rings. The van der Waals surface area contributed by atoms with Gasteiger partial charge in [-0.15, -0.1) is 0 Å². The molecule has 0 heterocycles. The Morgan fingerprint density at radius 1 is 0.929 bits per heavy atom. The zero-order valence-electron chi connectivity index (χ0n) is 16.0. The standard InChI is InChI=1S/C22H25N3O2S/c1-15-7-5-6-10-19(15)21(27)25-22(28)24-18-13-11-16(12-14-18)20(26)23-17-8-3-2-4-9-17/h5-7,10-14,17H,2-4,8-9H2,1H3,(H,23,26)(H2,24,25,27,28). The number of carbonyl (C=O) groups is 2. The first-order valence-corrected chi connectivity index (χ1v) is 10.0. The molecule has 3 N–H and O–H groups in total. The minimum absolute atomic E-state index is 0.0473. The summed E-state index contributed by atoms with van der Waals surface area (Å²) in [6.07, 6.45) is 5.73. The second kappa shape index (κ2) is 9.46. The Morgan fingerprint density at radius 3 is 2.29 bits per heavy atom. The molecule has 0 aliphatic heterocycles. The number of benzene rings is 2. The number of hydrogen-bond donors (Lipinski definition) is 3. The SMILES string of the molecule is Cc1ccccc1C(=O)NC(=S)Nc1ccc(C(=O)NC2CCCCC2)cc1. The summed E-state index contributed by atoms with van der Waals surface area (Å²) < 4.78 is 0. The Balaban J connectivity index is 1.53. The molecule has 0 saturated heterocycles. The lowest BCUT2D eigenvalue weighted by Crippen LogP contribution is -2.36.